The molecule has 6 heteroatoms. The van der Waals surface area contributed by atoms with E-state index < -0.39 is 5.82 Å². The summed E-state index contributed by atoms with van der Waals surface area (Å²) in [5.41, 5.74) is 5.93. The van der Waals surface area contributed by atoms with Crippen LogP contribution in [-0.4, -0.2) is 37.5 Å². The first-order valence-electron chi connectivity index (χ1n) is 6.77. The molecule has 4 nitrogen and oxygen atoms in total. The van der Waals surface area contributed by atoms with Crippen LogP contribution in [0.3, 0.4) is 0 Å². The minimum Gasteiger partial charge on any atom is -0.330 e. The monoisotopic (exact) mass is 317 g/mol. The van der Waals surface area contributed by atoms with Crippen LogP contribution in [0.15, 0.2) is 24.3 Å². The second kappa shape index (κ2) is 8.97. The number of anilines is 1. The summed E-state index contributed by atoms with van der Waals surface area (Å²) in [6.07, 6.45) is 0.325. The predicted octanol–water partition coefficient (Wildman–Crippen LogP) is 2.49. The topological polar surface area (TPSA) is 58.4 Å². The van der Waals surface area contributed by atoms with E-state index in [0.29, 0.717) is 19.5 Å². The van der Waals surface area contributed by atoms with Crippen molar-refractivity contribution in [2.45, 2.75) is 20.3 Å². The summed E-state index contributed by atoms with van der Waals surface area (Å²) in [5.74, 6) is -0.606. The van der Waals surface area contributed by atoms with Crippen LogP contribution < -0.4 is 11.1 Å². The normalized spacial score (nSPS) is 11.1. The number of para-hydroxylation sites is 1. The van der Waals surface area contributed by atoms with Crippen molar-refractivity contribution in [1.82, 2.24) is 4.90 Å². The number of hydrogen-bond acceptors (Lipinski definition) is 3. The minimum absolute atomic E-state index is 0. The highest BCUT2D eigenvalue weighted by Crippen LogP contribution is 2.15. The molecule has 0 fully saturated rings. The third-order valence-electron chi connectivity index (χ3n) is 3.12. The summed E-state index contributed by atoms with van der Waals surface area (Å²) in [7, 11) is 1.95. The molecule has 3 N–H and O–H groups in total. The van der Waals surface area contributed by atoms with Gasteiger partial charge in [0, 0.05) is 19.5 Å². The maximum atomic E-state index is 13.4. The molecule has 0 aliphatic heterocycles. The van der Waals surface area contributed by atoms with Crippen LogP contribution in [0.5, 0.6) is 0 Å². The highest BCUT2D eigenvalue weighted by Gasteiger charge is 2.18. The van der Waals surface area contributed by atoms with Crippen LogP contribution in [0.4, 0.5) is 10.1 Å². The SMILES string of the molecule is CN(CCC(=O)Nc1ccccc1F)CC(C)(C)CN.Cl. The van der Waals surface area contributed by atoms with Crippen LogP contribution in [-0.2, 0) is 4.79 Å². The summed E-state index contributed by atoms with van der Waals surface area (Å²) < 4.78 is 13.4. The molecule has 1 rings (SSSR count). The predicted molar refractivity (Wildman–Crippen MR) is 87.2 cm³/mol. The molecule has 1 aromatic rings. The average Bonchev–Trinajstić information content (AvgIpc) is 2.39. The number of nitrogens with two attached hydrogens (primary N) is 1. The Bertz CT molecular complexity index is 454. The van der Waals surface area contributed by atoms with Gasteiger partial charge in [0.05, 0.1) is 5.69 Å². The van der Waals surface area contributed by atoms with Gasteiger partial charge in [-0.3, -0.25) is 4.79 Å². The molecule has 21 heavy (non-hydrogen) atoms. The molecule has 1 amide bonds. The highest BCUT2D eigenvalue weighted by atomic mass is 35.5. The van der Waals surface area contributed by atoms with Crippen molar-refractivity contribution in [3.63, 3.8) is 0 Å². The van der Waals surface area contributed by atoms with Gasteiger partial charge in [0.25, 0.3) is 0 Å². The van der Waals surface area contributed by atoms with Gasteiger partial charge in [-0.15, -0.1) is 12.4 Å². The molecular formula is C15H25ClFN3O. The fraction of sp³-hybridized carbons (Fsp3) is 0.533. The Morgan fingerprint density at radius 3 is 2.57 bits per heavy atom. The number of carbonyl (C=O) groups is 1. The summed E-state index contributed by atoms with van der Waals surface area (Å²) in [6.45, 7) is 6.20. The summed E-state index contributed by atoms with van der Waals surface area (Å²) in [5, 5.41) is 2.58. The molecular weight excluding hydrogens is 293 g/mol. The zero-order chi connectivity index (χ0) is 15.2. The van der Waals surface area contributed by atoms with Gasteiger partial charge in [0.15, 0.2) is 0 Å². The lowest BCUT2D eigenvalue weighted by atomic mass is 9.93. The van der Waals surface area contributed by atoms with Gasteiger partial charge in [-0.2, -0.15) is 0 Å². The van der Waals surface area contributed by atoms with Crippen molar-refractivity contribution >= 4 is 24.0 Å². The third kappa shape index (κ3) is 7.41. The van der Waals surface area contributed by atoms with Crippen LogP contribution in [0.25, 0.3) is 0 Å². The highest BCUT2D eigenvalue weighted by molar-refractivity contribution is 5.90. The number of halogens is 2. The summed E-state index contributed by atoms with van der Waals surface area (Å²) in [6, 6.07) is 6.16. The van der Waals surface area contributed by atoms with Crippen LogP contribution in [0.1, 0.15) is 20.3 Å². The number of amides is 1. The lowest BCUT2D eigenvalue weighted by molar-refractivity contribution is -0.116. The molecule has 0 aliphatic rings. The maximum Gasteiger partial charge on any atom is 0.225 e. The van der Waals surface area contributed by atoms with Gasteiger partial charge in [-0.1, -0.05) is 26.0 Å². The zero-order valence-corrected chi connectivity index (χ0v) is 13.7. The van der Waals surface area contributed by atoms with Crippen LogP contribution >= 0.6 is 12.4 Å². The second-order valence-electron chi connectivity index (χ2n) is 5.88. The average molecular weight is 318 g/mol. The van der Waals surface area contributed by atoms with Crippen LogP contribution in [0, 0.1) is 11.2 Å². The van der Waals surface area contributed by atoms with Crippen LogP contribution in [0.2, 0.25) is 0 Å². The molecule has 0 spiro atoms. The van der Waals surface area contributed by atoms with Gasteiger partial charge in [-0.05, 0) is 31.1 Å². The third-order valence-corrected chi connectivity index (χ3v) is 3.12. The van der Waals surface area contributed by atoms with Crippen molar-refractivity contribution in [2.75, 3.05) is 32.0 Å². The number of nitrogens with zero attached hydrogens (tertiary/aromatic N) is 1. The standard InChI is InChI=1S/C15H24FN3O.ClH/c1-15(2,10-17)11-19(3)9-8-14(20)18-13-7-5-4-6-12(13)16;/h4-7H,8-11,17H2,1-3H3,(H,18,20);1H. The smallest absolute Gasteiger partial charge is 0.225 e. The number of hydrogen-bond donors (Lipinski definition) is 2. The van der Waals surface area contributed by atoms with E-state index in [1.165, 1.54) is 6.07 Å². The molecule has 0 aromatic heterocycles. The number of rotatable bonds is 7. The van der Waals surface area contributed by atoms with E-state index in [1.54, 1.807) is 18.2 Å². The molecule has 0 atom stereocenters. The largest absolute Gasteiger partial charge is 0.330 e. The van der Waals surface area contributed by atoms with Gasteiger partial charge in [-0.25, -0.2) is 4.39 Å². The molecule has 0 saturated carbocycles. The Morgan fingerprint density at radius 1 is 1.38 bits per heavy atom. The zero-order valence-electron chi connectivity index (χ0n) is 12.9. The Labute approximate surface area is 132 Å². The Hall–Kier alpha value is -1.17. The van der Waals surface area contributed by atoms with Gasteiger partial charge < -0.3 is 16.0 Å². The van der Waals surface area contributed by atoms with E-state index in [-0.39, 0.29) is 29.4 Å². The van der Waals surface area contributed by atoms with Crippen molar-refractivity contribution in [2.24, 2.45) is 11.1 Å². The molecule has 0 aliphatic carbocycles. The first-order valence-corrected chi connectivity index (χ1v) is 6.77. The molecule has 0 heterocycles. The summed E-state index contributed by atoms with van der Waals surface area (Å²) in [4.78, 5) is 13.8. The van der Waals surface area contributed by atoms with Crippen molar-refractivity contribution in [1.29, 1.82) is 0 Å². The molecule has 0 radical (unpaired) electrons. The van der Waals surface area contributed by atoms with E-state index in [1.807, 2.05) is 7.05 Å². The first kappa shape index (κ1) is 19.8. The van der Waals surface area contributed by atoms with Crippen molar-refractivity contribution in [3.05, 3.63) is 30.1 Å². The number of carbonyl (C=O) groups excluding carboxylic acids is 1. The number of nitrogens with one attached hydrogen (secondary N) is 1. The van der Waals surface area contributed by atoms with Crippen molar-refractivity contribution < 1.29 is 9.18 Å². The maximum absolute atomic E-state index is 13.4. The lowest BCUT2D eigenvalue weighted by Gasteiger charge is -2.28. The minimum atomic E-state index is -0.418. The van der Waals surface area contributed by atoms with E-state index in [0.717, 1.165) is 6.54 Å². The van der Waals surface area contributed by atoms with E-state index in [9.17, 15) is 9.18 Å². The van der Waals surface area contributed by atoms with Crippen molar-refractivity contribution in [3.8, 4) is 0 Å². The van der Waals surface area contributed by atoms with E-state index in [4.69, 9.17) is 5.73 Å². The fourth-order valence-corrected chi connectivity index (χ4v) is 1.94. The Kier molecular flexibility index (Phi) is 8.47. The quantitative estimate of drug-likeness (QED) is 0.812. The Balaban J connectivity index is 0.00000400. The molecule has 0 unspecified atom stereocenters. The van der Waals surface area contributed by atoms with Gasteiger partial charge >= 0.3 is 0 Å². The first-order chi connectivity index (χ1) is 9.34. The summed E-state index contributed by atoms with van der Waals surface area (Å²) >= 11 is 0. The van der Waals surface area contributed by atoms with Gasteiger partial charge in [0.2, 0.25) is 5.91 Å². The van der Waals surface area contributed by atoms with E-state index in [2.05, 4.69) is 24.1 Å². The molecule has 120 valence electrons. The molecule has 0 bridgehead atoms. The second-order valence-corrected chi connectivity index (χ2v) is 5.88. The van der Waals surface area contributed by atoms with Gasteiger partial charge in [0.1, 0.15) is 5.82 Å². The molecule has 1 aromatic carbocycles. The number of benzene rings is 1. The van der Waals surface area contributed by atoms with E-state index >= 15 is 0 Å². The Morgan fingerprint density at radius 2 is 2.00 bits per heavy atom. The fourth-order valence-electron chi connectivity index (χ4n) is 1.94. The lowest BCUT2D eigenvalue weighted by Crippen LogP contribution is -2.37. The molecule has 0 saturated heterocycles.